The molecular weight excluding hydrogens is 361 g/mol. The van der Waals surface area contributed by atoms with Crippen LogP contribution in [0.4, 0.5) is 4.79 Å². The van der Waals surface area contributed by atoms with Gasteiger partial charge in [-0.05, 0) is 67.6 Å². The number of methoxy groups -OCH3 is 1. The molecule has 0 aromatic heterocycles. The molecule has 28 heavy (non-hydrogen) atoms. The van der Waals surface area contributed by atoms with E-state index in [-0.39, 0.29) is 18.3 Å². The SMILES string of the molecule is CCC(CCCCB1OC(C)(C)C(C)(C)O1)(NC(=O)OC(C)(C)C)C(=O)OC. The van der Waals surface area contributed by atoms with E-state index in [1.165, 1.54) is 7.11 Å². The lowest BCUT2D eigenvalue weighted by Gasteiger charge is -2.32. The molecule has 1 heterocycles. The summed E-state index contributed by atoms with van der Waals surface area (Å²) in [6.45, 7) is 15.3. The molecule has 1 atom stereocenters. The summed E-state index contributed by atoms with van der Waals surface area (Å²) < 4.78 is 22.3. The second kappa shape index (κ2) is 9.03. The summed E-state index contributed by atoms with van der Waals surface area (Å²) in [4.78, 5) is 24.7. The fraction of sp³-hybridized carbons (Fsp3) is 0.900. The molecule has 1 aliphatic heterocycles. The van der Waals surface area contributed by atoms with Gasteiger partial charge in [0.25, 0.3) is 0 Å². The number of carbonyl (C=O) groups excluding carboxylic acids is 2. The zero-order valence-corrected chi connectivity index (χ0v) is 19.1. The van der Waals surface area contributed by atoms with Crippen LogP contribution in [0.5, 0.6) is 0 Å². The van der Waals surface area contributed by atoms with Gasteiger partial charge in [-0.3, -0.25) is 0 Å². The Morgan fingerprint density at radius 1 is 1.04 bits per heavy atom. The summed E-state index contributed by atoms with van der Waals surface area (Å²) in [5.74, 6) is -0.462. The molecule has 1 saturated heterocycles. The average Bonchev–Trinajstić information content (AvgIpc) is 2.75. The van der Waals surface area contributed by atoms with Gasteiger partial charge >= 0.3 is 19.2 Å². The topological polar surface area (TPSA) is 83.1 Å². The van der Waals surface area contributed by atoms with Gasteiger partial charge in [-0.25, -0.2) is 9.59 Å². The average molecular weight is 399 g/mol. The van der Waals surface area contributed by atoms with Crippen molar-refractivity contribution in [2.24, 2.45) is 0 Å². The smallest absolute Gasteiger partial charge is 0.457 e. The normalized spacial score (nSPS) is 20.4. The molecule has 0 aromatic carbocycles. The van der Waals surface area contributed by atoms with Crippen molar-refractivity contribution < 1.29 is 28.4 Å². The van der Waals surface area contributed by atoms with E-state index in [2.05, 4.69) is 5.32 Å². The van der Waals surface area contributed by atoms with Crippen molar-refractivity contribution in [3.63, 3.8) is 0 Å². The number of unbranched alkanes of at least 4 members (excludes halogenated alkanes) is 1. The zero-order valence-electron chi connectivity index (χ0n) is 19.1. The number of carbonyl (C=O) groups is 2. The van der Waals surface area contributed by atoms with E-state index in [1.807, 2.05) is 34.6 Å². The van der Waals surface area contributed by atoms with E-state index in [0.717, 1.165) is 12.7 Å². The van der Waals surface area contributed by atoms with Crippen LogP contribution in [0.25, 0.3) is 0 Å². The molecule has 0 bridgehead atoms. The predicted octanol–water partition coefficient (Wildman–Crippen LogP) is 4.10. The van der Waals surface area contributed by atoms with Gasteiger partial charge in [0.05, 0.1) is 18.3 Å². The minimum Gasteiger partial charge on any atom is -0.467 e. The fourth-order valence-corrected chi connectivity index (χ4v) is 3.14. The lowest BCUT2D eigenvalue weighted by molar-refractivity contribution is -0.149. The fourth-order valence-electron chi connectivity index (χ4n) is 3.14. The van der Waals surface area contributed by atoms with E-state index in [0.29, 0.717) is 19.3 Å². The molecule has 0 saturated carbocycles. The van der Waals surface area contributed by atoms with Gasteiger partial charge in [0.15, 0.2) is 0 Å². The summed E-state index contributed by atoms with van der Waals surface area (Å²) in [5, 5.41) is 2.74. The van der Waals surface area contributed by atoms with Crippen molar-refractivity contribution in [1.82, 2.24) is 5.32 Å². The zero-order chi connectivity index (χ0) is 21.8. The number of hydrogen-bond donors (Lipinski definition) is 1. The summed E-state index contributed by atoms with van der Waals surface area (Å²) in [6.07, 6.45) is 2.48. The quantitative estimate of drug-likeness (QED) is 0.376. The van der Waals surface area contributed by atoms with Gasteiger partial charge in [-0.2, -0.15) is 0 Å². The highest BCUT2D eigenvalue weighted by atomic mass is 16.7. The summed E-state index contributed by atoms with van der Waals surface area (Å²) >= 11 is 0. The van der Waals surface area contributed by atoms with Crippen LogP contribution in [0.15, 0.2) is 0 Å². The molecule has 1 rings (SSSR count). The lowest BCUT2D eigenvalue weighted by atomic mass is 9.80. The van der Waals surface area contributed by atoms with Crippen LogP contribution in [-0.4, -0.2) is 48.6 Å². The van der Waals surface area contributed by atoms with Gasteiger partial charge < -0.3 is 24.1 Å². The van der Waals surface area contributed by atoms with E-state index in [1.54, 1.807) is 20.8 Å². The van der Waals surface area contributed by atoms with Crippen LogP contribution in [0.1, 0.15) is 81.1 Å². The van der Waals surface area contributed by atoms with Crippen LogP contribution >= 0.6 is 0 Å². The molecular formula is C20H38BNO6. The number of hydrogen-bond acceptors (Lipinski definition) is 6. The molecule has 8 heteroatoms. The van der Waals surface area contributed by atoms with Gasteiger partial charge in [0.1, 0.15) is 11.1 Å². The highest BCUT2D eigenvalue weighted by Gasteiger charge is 2.50. The Labute approximate surface area is 170 Å². The van der Waals surface area contributed by atoms with Crippen LogP contribution in [-0.2, 0) is 23.6 Å². The largest absolute Gasteiger partial charge is 0.467 e. The molecule has 1 fully saturated rings. The highest BCUT2D eigenvalue weighted by molar-refractivity contribution is 6.45. The first-order valence-corrected chi connectivity index (χ1v) is 10.1. The second-order valence-corrected chi connectivity index (χ2v) is 9.49. The number of amides is 1. The first-order valence-electron chi connectivity index (χ1n) is 10.1. The second-order valence-electron chi connectivity index (χ2n) is 9.49. The van der Waals surface area contributed by atoms with Gasteiger partial charge in [0.2, 0.25) is 0 Å². The molecule has 1 amide bonds. The Balaban J connectivity index is 2.66. The van der Waals surface area contributed by atoms with Crippen molar-refractivity contribution in [2.45, 2.75) is 110 Å². The predicted molar refractivity (Wildman–Crippen MR) is 109 cm³/mol. The van der Waals surface area contributed by atoms with Crippen LogP contribution in [0.3, 0.4) is 0 Å². The number of nitrogens with one attached hydrogen (secondary N) is 1. The maximum atomic E-state index is 12.4. The van der Waals surface area contributed by atoms with Gasteiger partial charge in [0, 0.05) is 0 Å². The first kappa shape index (κ1) is 24.8. The van der Waals surface area contributed by atoms with Crippen molar-refractivity contribution in [3.8, 4) is 0 Å². The summed E-state index contributed by atoms with van der Waals surface area (Å²) in [7, 11) is 1.06. The molecule has 7 nitrogen and oxygen atoms in total. The van der Waals surface area contributed by atoms with E-state index in [4.69, 9.17) is 18.8 Å². The van der Waals surface area contributed by atoms with Gasteiger partial charge in [-0.1, -0.05) is 19.8 Å². The molecule has 0 aliphatic carbocycles. The van der Waals surface area contributed by atoms with Crippen LogP contribution in [0, 0.1) is 0 Å². The molecule has 162 valence electrons. The van der Waals surface area contributed by atoms with Crippen LogP contribution in [0.2, 0.25) is 6.32 Å². The molecule has 1 aliphatic rings. The Morgan fingerprint density at radius 2 is 1.57 bits per heavy atom. The summed E-state index contributed by atoms with van der Waals surface area (Å²) in [5.41, 5.74) is -2.45. The first-order chi connectivity index (χ1) is 12.7. The molecule has 0 spiro atoms. The van der Waals surface area contributed by atoms with Gasteiger partial charge in [-0.15, -0.1) is 0 Å². The minimum atomic E-state index is -1.10. The van der Waals surface area contributed by atoms with E-state index < -0.39 is 23.2 Å². The van der Waals surface area contributed by atoms with Crippen molar-refractivity contribution in [3.05, 3.63) is 0 Å². The number of rotatable bonds is 8. The maximum absolute atomic E-state index is 12.4. The number of esters is 1. The number of alkyl carbamates (subject to hydrolysis) is 1. The minimum absolute atomic E-state index is 0.266. The van der Waals surface area contributed by atoms with Crippen LogP contribution < -0.4 is 5.32 Å². The highest BCUT2D eigenvalue weighted by Crippen LogP contribution is 2.38. The van der Waals surface area contributed by atoms with Crippen molar-refractivity contribution in [2.75, 3.05) is 7.11 Å². The third-order valence-corrected chi connectivity index (χ3v) is 5.52. The lowest BCUT2D eigenvalue weighted by Crippen LogP contribution is -2.55. The molecule has 1 unspecified atom stereocenters. The third kappa shape index (κ3) is 6.37. The molecule has 0 aromatic rings. The standard InChI is InChI=1S/C20H38BNO6/c1-10-20(15(23)25-9,22-16(24)26-17(2,3)4)13-11-12-14-21-27-18(5,6)19(7,8)28-21/h10-14H2,1-9H3,(H,22,24). The Bertz CT molecular complexity index is 541. The van der Waals surface area contributed by atoms with Crippen molar-refractivity contribution >= 4 is 19.2 Å². The maximum Gasteiger partial charge on any atom is 0.457 e. The van der Waals surface area contributed by atoms with E-state index in [9.17, 15) is 9.59 Å². The van der Waals surface area contributed by atoms with Crippen molar-refractivity contribution in [1.29, 1.82) is 0 Å². The van der Waals surface area contributed by atoms with E-state index >= 15 is 0 Å². The third-order valence-electron chi connectivity index (χ3n) is 5.52. The molecule has 1 N–H and O–H groups in total. The number of ether oxygens (including phenoxy) is 2. The Kier molecular flexibility index (Phi) is 7.99. The summed E-state index contributed by atoms with van der Waals surface area (Å²) in [6, 6.07) is 0. The Hall–Kier alpha value is -1.28. The monoisotopic (exact) mass is 399 g/mol. The Morgan fingerprint density at radius 3 is 2.00 bits per heavy atom. The molecule has 0 radical (unpaired) electrons.